The molecule has 1 amide bonds. The lowest BCUT2D eigenvalue weighted by Gasteiger charge is -2.30. The number of nitro groups is 1. The van der Waals surface area contributed by atoms with Crippen LogP contribution in [0, 0.1) is 10.1 Å². The smallest absolute Gasteiger partial charge is 0.269 e. The van der Waals surface area contributed by atoms with Gasteiger partial charge in [0.2, 0.25) is 5.91 Å². The van der Waals surface area contributed by atoms with Crippen molar-refractivity contribution >= 4 is 11.6 Å². The maximum Gasteiger partial charge on any atom is 0.269 e. The van der Waals surface area contributed by atoms with Gasteiger partial charge in [0.05, 0.1) is 4.92 Å². The van der Waals surface area contributed by atoms with Gasteiger partial charge in [0, 0.05) is 50.0 Å². The Bertz CT molecular complexity index is 922. The molecule has 154 valence electrons. The molecule has 3 rings (SSSR count). The zero-order valence-corrected chi connectivity index (χ0v) is 16.4. The maximum absolute atomic E-state index is 12.4. The molecule has 0 bridgehead atoms. The number of benzene rings is 1. The first-order chi connectivity index (χ1) is 14.5. The second kappa shape index (κ2) is 10.2. The molecule has 0 aliphatic heterocycles. The van der Waals surface area contributed by atoms with Gasteiger partial charge in [0.1, 0.15) is 6.04 Å². The number of nitrogens with two attached hydrogens (primary N) is 1. The second-order valence-electron chi connectivity index (χ2n) is 6.91. The van der Waals surface area contributed by atoms with Gasteiger partial charge in [-0.15, -0.1) is 0 Å². The highest BCUT2D eigenvalue weighted by Crippen LogP contribution is 2.24. The van der Waals surface area contributed by atoms with Crippen LogP contribution >= 0.6 is 0 Å². The molecule has 0 aliphatic rings. The summed E-state index contributed by atoms with van der Waals surface area (Å²) < 4.78 is 0. The summed E-state index contributed by atoms with van der Waals surface area (Å²) >= 11 is 0. The van der Waals surface area contributed by atoms with E-state index in [0.29, 0.717) is 31.5 Å². The Kier molecular flexibility index (Phi) is 7.18. The van der Waals surface area contributed by atoms with Crippen LogP contribution in [0.5, 0.6) is 0 Å². The van der Waals surface area contributed by atoms with Gasteiger partial charge >= 0.3 is 0 Å². The molecule has 0 fully saturated rings. The first-order valence-corrected chi connectivity index (χ1v) is 9.60. The molecular formula is C22H23N5O3. The van der Waals surface area contributed by atoms with Crippen molar-refractivity contribution in [1.82, 2.24) is 14.9 Å². The number of non-ortho nitro benzene ring substituents is 1. The van der Waals surface area contributed by atoms with Crippen molar-refractivity contribution in [2.24, 2.45) is 5.73 Å². The molecule has 30 heavy (non-hydrogen) atoms. The number of pyridine rings is 2. The topological polar surface area (TPSA) is 115 Å². The molecule has 2 N–H and O–H groups in total. The Morgan fingerprint density at radius 3 is 2.20 bits per heavy atom. The molecular weight excluding hydrogens is 382 g/mol. The molecule has 1 unspecified atom stereocenters. The molecule has 2 heterocycles. The van der Waals surface area contributed by atoms with Crippen molar-refractivity contribution in [2.45, 2.75) is 18.9 Å². The van der Waals surface area contributed by atoms with E-state index in [1.54, 1.807) is 36.9 Å². The number of nitro benzene ring substituents is 1. The third kappa shape index (κ3) is 5.68. The lowest BCUT2D eigenvalue weighted by molar-refractivity contribution is -0.384. The Morgan fingerprint density at radius 2 is 1.63 bits per heavy atom. The molecule has 1 atom stereocenters. The fraction of sp³-hybridized carbons (Fsp3) is 0.227. The first-order valence-electron chi connectivity index (χ1n) is 9.60. The summed E-state index contributed by atoms with van der Waals surface area (Å²) in [6.07, 6.45) is 8.39. The van der Waals surface area contributed by atoms with Crippen molar-refractivity contribution in [3.63, 3.8) is 0 Å². The van der Waals surface area contributed by atoms with Crippen LogP contribution < -0.4 is 5.73 Å². The summed E-state index contributed by atoms with van der Waals surface area (Å²) in [5, 5.41) is 11.0. The van der Waals surface area contributed by atoms with Crippen LogP contribution in [0.15, 0.2) is 73.3 Å². The summed E-state index contributed by atoms with van der Waals surface area (Å²) in [5.74, 6) is -0.496. The first kappa shape index (κ1) is 21.1. The van der Waals surface area contributed by atoms with Crippen molar-refractivity contribution in [3.8, 4) is 0 Å². The molecule has 2 aromatic heterocycles. The minimum Gasteiger partial charge on any atom is -0.368 e. The lowest BCUT2D eigenvalue weighted by atomic mass is 10.0. The number of carbonyl (C=O) groups is 1. The molecule has 0 saturated carbocycles. The predicted octanol–water partition coefficient (Wildman–Crippen LogP) is 2.70. The average Bonchev–Trinajstić information content (AvgIpc) is 2.77. The summed E-state index contributed by atoms with van der Waals surface area (Å²) in [4.78, 5) is 33.1. The monoisotopic (exact) mass is 405 g/mol. The molecule has 1 aromatic carbocycles. The van der Waals surface area contributed by atoms with Crippen LogP contribution in [0.25, 0.3) is 0 Å². The lowest BCUT2D eigenvalue weighted by Crippen LogP contribution is -2.40. The summed E-state index contributed by atoms with van der Waals surface area (Å²) in [5.41, 5.74) is 8.53. The van der Waals surface area contributed by atoms with Crippen LogP contribution in [-0.2, 0) is 17.6 Å². The van der Waals surface area contributed by atoms with Gasteiger partial charge in [-0.05, 0) is 47.7 Å². The number of hydrogen-bond acceptors (Lipinski definition) is 6. The SMILES string of the molecule is NC(=O)C(c1ccc([N+](=O)[O-])cc1)N(CCc1ccncc1)CCc1cccnc1. The summed E-state index contributed by atoms with van der Waals surface area (Å²) in [6, 6.07) is 13.0. The third-order valence-corrected chi connectivity index (χ3v) is 4.90. The zero-order chi connectivity index (χ0) is 21.3. The van der Waals surface area contributed by atoms with Gasteiger partial charge in [-0.1, -0.05) is 18.2 Å². The normalized spacial score (nSPS) is 11.9. The molecule has 3 aromatic rings. The van der Waals surface area contributed by atoms with E-state index in [0.717, 1.165) is 11.1 Å². The largest absolute Gasteiger partial charge is 0.368 e. The number of aromatic nitrogens is 2. The van der Waals surface area contributed by atoms with Gasteiger partial charge in [0.15, 0.2) is 0 Å². The highest BCUT2D eigenvalue weighted by atomic mass is 16.6. The summed E-state index contributed by atoms with van der Waals surface area (Å²) in [7, 11) is 0. The number of amides is 1. The second-order valence-corrected chi connectivity index (χ2v) is 6.91. The Morgan fingerprint density at radius 1 is 0.967 bits per heavy atom. The average molecular weight is 405 g/mol. The van der Waals surface area contributed by atoms with Crippen molar-refractivity contribution < 1.29 is 9.72 Å². The van der Waals surface area contributed by atoms with E-state index in [1.165, 1.54) is 12.1 Å². The van der Waals surface area contributed by atoms with E-state index in [2.05, 4.69) is 9.97 Å². The number of carbonyl (C=O) groups excluding carboxylic acids is 1. The van der Waals surface area contributed by atoms with Crippen molar-refractivity contribution in [1.29, 1.82) is 0 Å². The van der Waals surface area contributed by atoms with Crippen molar-refractivity contribution in [3.05, 3.63) is 100 Å². The van der Waals surface area contributed by atoms with E-state index >= 15 is 0 Å². The van der Waals surface area contributed by atoms with Crippen LogP contribution in [0.4, 0.5) is 5.69 Å². The van der Waals surface area contributed by atoms with E-state index < -0.39 is 16.9 Å². The maximum atomic E-state index is 12.4. The van der Waals surface area contributed by atoms with Crippen LogP contribution in [0.1, 0.15) is 22.7 Å². The zero-order valence-electron chi connectivity index (χ0n) is 16.4. The molecule has 0 aliphatic carbocycles. The molecule has 8 nitrogen and oxygen atoms in total. The molecule has 0 spiro atoms. The van der Waals surface area contributed by atoms with E-state index in [-0.39, 0.29) is 5.69 Å². The van der Waals surface area contributed by atoms with E-state index in [9.17, 15) is 14.9 Å². The van der Waals surface area contributed by atoms with Gasteiger partial charge in [-0.3, -0.25) is 29.8 Å². The minimum absolute atomic E-state index is 0.0272. The molecule has 0 saturated heterocycles. The van der Waals surface area contributed by atoms with E-state index in [4.69, 9.17) is 5.73 Å². The Balaban J connectivity index is 1.83. The van der Waals surface area contributed by atoms with E-state index in [1.807, 2.05) is 29.2 Å². The van der Waals surface area contributed by atoms with Gasteiger partial charge in [0.25, 0.3) is 5.69 Å². The fourth-order valence-corrected chi connectivity index (χ4v) is 3.34. The molecule has 0 radical (unpaired) electrons. The van der Waals surface area contributed by atoms with Crippen LogP contribution in [0.2, 0.25) is 0 Å². The van der Waals surface area contributed by atoms with Crippen LogP contribution in [-0.4, -0.2) is 38.8 Å². The quantitative estimate of drug-likeness (QED) is 0.410. The Labute approximate surface area is 174 Å². The predicted molar refractivity (Wildman–Crippen MR) is 112 cm³/mol. The number of hydrogen-bond donors (Lipinski definition) is 1. The van der Waals surface area contributed by atoms with Gasteiger partial charge in [-0.25, -0.2) is 0 Å². The highest BCUT2D eigenvalue weighted by molar-refractivity contribution is 5.81. The highest BCUT2D eigenvalue weighted by Gasteiger charge is 2.26. The van der Waals surface area contributed by atoms with Crippen molar-refractivity contribution in [2.75, 3.05) is 13.1 Å². The standard InChI is InChI=1S/C22H23N5O3/c23-22(28)21(19-3-5-20(6-4-19)27(29)30)26(14-9-17-7-12-24-13-8-17)15-10-18-2-1-11-25-16-18/h1-8,11-13,16,21H,9-10,14-15H2,(H2,23,28). The number of primary amides is 1. The molecule has 8 heteroatoms. The van der Waals surface area contributed by atoms with Crippen LogP contribution in [0.3, 0.4) is 0 Å². The summed E-state index contributed by atoms with van der Waals surface area (Å²) in [6.45, 7) is 1.18. The van der Waals surface area contributed by atoms with Gasteiger partial charge < -0.3 is 5.73 Å². The number of rotatable bonds is 10. The minimum atomic E-state index is -0.690. The third-order valence-electron chi connectivity index (χ3n) is 4.90. The van der Waals surface area contributed by atoms with Gasteiger partial charge in [-0.2, -0.15) is 0 Å². The number of nitrogens with zero attached hydrogens (tertiary/aromatic N) is 4. The Hall–Kier alpha value is -3.65. The fourth-order valence-electron chi connectivity index (χ4n) is 3.34.